The molecule has 0 aliphatic rings. The van der Waals surface area contributed by atoms with E-state index in [2.05, 4.69) is 5.10 Å². The van der Waals surface area contributed by atoms with Crippen LogP contribution in [0.2, 0.25) is 0 Å². The van der Waals surface area contributed by atoms with Gasteiger partial charge in [0.15, 0.2) is 0 Å². The molecule has 0 fully saturated rings. The van der Waals surface area contributed by atoms with E-state index in [1.165, 1.54) is 0 Å². The third-order valence-corrected chi connectivity index (χ3v) is 1.92. The van der Waals surface area contributed by atoms with E-state index in [0.717, 1.165) is 10.9 Å². The fourth-order valence-electron chi connectivity index (χ4n) is 1.13. The second-order valence-corrected chi connectivity index (χ2v) is 3.33. The van der Waals surface area contributed by atoms with Crippen molar-refractivity contribution < 1.29 is 19.9 Å². The lowest BCUT2D eigenvalue weighted by molar-refractivity contribution is -0.385. The molecular formula is C8H11N3O5. The Balaban J connectivity index is 2.93. The van der Waals surface area contributed by atoms with Crippen molar-refractivity contribution in [2.24, 2.45) is 0 Å². The van der Waals surface area contributed by atoms with E-state index in [-0.39, 0.29) is 6.54 Å². The van der Waals surface area contributed by atoms with Crippen LogP contribution in [0.1, 0.15) is 23.8 Å². The number of nitro groups is 1. The predicted octanol–water partition coefficient (Wildman–Crippen LogP) is 0.260. The van der Waals surface area contributed by atoms with E-state index >= 15 is 0 Å². The Bertz CT molecular complexity index is 380. The summed E-state index contributed by atoms with van der Waals surface area (Å²) in [5, 5.41) is 31.8. The Morgan fingerprint density at radius 3 is 2.75 bits per heavy atom. The molecule has 1 aromatic rings. The summed E-state index contributed by atoms with van der Waals surface area (Å²) in [6.07, 6.45) is 0.820. The molecule has 1 atom stereocenters. The second kappa shape index (κ2) is 4.71. The zero-order chi connectivity index (χ0) is 12.3. The number of aliphatic hydroxyl groups is 1. The minimum Gasteiger partial charge on any atom is -0.476 e. The van der Waals surface area contributed by atoms with Gasteiger partial charge in [-0.1, -0.05) is 0 Å². The summed E-state index contributed by atoms with van der Waals surface area (Å²) in [5.41, 5.74) is -1.13. The fourth-order valence-corrected chi connectivity index (χ4v) is 1.13. The molecule has 1 unspecified atom stereocenters. The maximum atomic E-state index is 10.6. The molecule has 0 radical (unpaired) electrons. The van der Waals surface area contributed by atoms with Crippen LogP contribution in [0.3, 0.4) is 0 Å². The van der Waals surface area contributed by atoms with Gasteiger partial charge < -0.3 is 10.2 Å². The van der Waals surface area contributed by atoms with Crippen LogP contribution in [0.15, 0.2) is 6.20 Å². The van der Waals surface area contributed by atoms with Gasteiger partial charge in [0.1, 0.15) is 6.20 Å². The summed E-state index contributed by atoms with van der Waals surface area (Å²) >= 11 is 0. The first-order chi connectivity index (χ1) is 7.41. The van der Waals surface area contributed by atoms with Gasteiger partial charge in [-0.2, -0.15) is 5.10 Å². The van der Waals surface area contributed by atoms with Crippen LogP contribution in [0.25, 0.3) is 0 Å². The average Bonchev–Trinajstić information content (AvgIpc) is 2.58. The lowest BCUT2D eigenvalue weighted by Gasteiger charge is -2.02. The lowest BCUT2D eigenvalue weighted by Crippen LogP contribution is -2.08. The first kappa shape index (κ1) is 12.1. The number of hydrogen-bond donors (Lipinski definition) is 2. The predicted molar refractivity (Wildman–Crippen MR) is 52.1 cm³/mol. The molecule has 0 spiro atoms. The largest absolute Gasteiger partial charge is 0.476 e. The molecule has 0 amide bonds. The Morgan fingerprint density at radius 2 is 2.38 bits per heavy atom. The Hall–Kier alpha value is -1.96. The monoisotopic (exact) mass is 229 g/mol. The fraction of sp³-hybridized carbons (Fsp3) is 0.500. The number of hydrogen-bond acceptors (Lipinski definition) is 5. The van der Waals surface area contributed by atoms with Crippen molar-refractivity contribution in [2.75, 3.05) is 0 Å². The van der Waals surface area contributed by atoms with Crippen LogP contribution in [0, 0.1) is 10.1 Å². The highest BCUT2D eigenvalue weighted by molar-refractivity contribution is 5.89. The molecule has 0 aliphatic heterocycles. The average molecular weight is 229 g/mol. The number of nitrogens with zero attached hydrogens (tertiary/aromatic N) is 3. The summed E-state index contributed by atoms with van der Waals surface area (Å²) in [6, 6.07) is 0. The van der Waals surface area contributed by atoms with Gasteiger partial charge in [0.05, 0.1) is 11.0 Å². The van der Waals surface area contributed by atoms with Crippen LogP contribution >= 0.6 is 0 Å². The number of carboxylic acid groups (broad SMARTS) is 1. The van der Waals surface area contributed by atoms with Crippen molar-refractivity contribution in [3.05, 3.63) is 22.0 Å². The standard InChI is InChI=1S/C8H11N3O5/c1-5(12)2-3-10-4-6(11(15)16)7(9-10)8(13)14/h4-5,12H,2-3H2,1H3,(H,13,14). The Labute approximate surface area is 90.3 Å². The van der Waals surface area contributed by atoms with Gasteiger partial charge in [-0.3, -0.25) is 14.8 Å². The number of carboxylic acids is 1. The number of aliphatic hydroxyl groups excluding tert-OH is 1. The van der Waals surface area contributed by atoms with Crippen molar-refractivity contribution >= 4 is 11.7 Å². The zero-order valence-corrected chi connectivity index (χ0v) is 8.53. The molecule has 8 nitrogen and oxygen atoms in total. The molecule has 0 saturated carbocycles. The van der Waals surface area contributed by atoms with E-state index in [0.29, 0.717) is 6.42 Å². The smallest absolute Gasteiger partial charge is 0.363 e. The van der Waals surface area contributed by atoms with Crippen molar-refractivity contribution in [1.29, 1.82) is 0 Å². The molecule has 0 saturated heterocycles. The van der Waals surface area contributed by atoms with E-state index in [9.17, 15) is 14.9 Å². The van der Waals surface area contributed by atoms with Gasteiger partial charge in [0, 0.05) is 6.54 Å². The summed E-state index contributed by atoms with van der Waals surface area (Å²) in [7, 11) is 0. The molecule has 88 valence electrons. The maximum Gasteiger partial charge on any atom is 0.363 e. The lowest BCUT2D eigenvalue weighted by atomic mass is 10.3. The van der Waals surface area contributed by atoms with Gasteiger partial charge in [-0.15, -0.1) is 0 Å². The van der Waals surface area contributed by atoms with E-state index in [4.69, 9.17) is 10.2 Å². The van der Waals surface area contributed by atoms with Crippen LogP contribution in [0.5, 0.6) is 0 Å². The third-order valence-electron chi connectivity index (χ3n) is 1.92. The number of carbonyl (C=O) groups is 1. The first-order valence-electron chi connectivity index (χ1n) is 4.55. The molecule has 1 aromatic heterocycles. The summed E-state index contributed by atoms with van der Waals surface area (Å²) < 4.78 is 1.15. The van der Waals surface area contributed by atoms with E-state index < -0.39 is 28.4 Å². The highest BCUT2D eigenvalue weighted by atomic mass is 16.6. The van der Waals surface area contributed by atoms with Crippen LogP contribution in [0.4, 0.5) is 5.69 Å². The number of rotatable bonds is 5. The van der Waals surface area contributed by atoms with Crippen molar-refractivity contribution in [3.63, 3.8) is 0 Å². The highest BCUT2D eigenvalue weighted by Crippen LogP contribution is 2.16. The molecule has 16 heavy (non-hydrogen) atoms. The van der Waals surface area contributed by atoms with E-state index in [1.807, 2.05) is 0 Å². The number of aryl methyl sites for hydroxylation is 1. The molecule has 0 bridgehead atoms. The molecular weight excluding hydrogens is 218 g/mol. The zero-order valence-electron chi connectivity index (χ0n) is 8.53. The first-order valence-corrected chi connectivity index (χ1v) is 4.55. The van der Waals surface area contributed by atoms with Gasteiger partial charge in [0.25, 0.3) is 0 Å². The third kappa shape index (κ3) is 2.76. The molecule has 0 aromatic carbocycles. The minimum atomic E-state index is -1.44. The second-order valence-electron chi connectivity index (χ2n) is 3.33. The SMILES string of the molecule is CC(O)CCn1cc([N+](=O)[O-])c(C(=O)O)n1. The normalized spacial score (nSPS) is 12.4. The molecule has 1 heterocycles. The quantitative estimate of drug-likeness (QED) is 0.552. The minimum absolute atomic E-state index is 0.228. The highest BCUT2D eigenvalue weighted by Gasteiger charge is 2.24. The van der Waals surface area contributed by atoms with Crippen molar-refractivity contribution in [2.45, 2.75) is 26.0 Å². The Kier molecular flexibility index (Phi) is 3.56. The maximum absolute atomic E-state index is 10.6. The molecule has 0 aliphatic carbocycles. The van der Waals surface area contributed by atoms with Crippen molar-refractivity contribution in [3.8, 4) is 0 Å². The van der Waals surface area contributed by atoms with Crippen LogP contribution in [-0.2, 0) is 6.54 Å². The van der Waals surface area contributed by atoms with Gasteiger partial charge >= 0.3 is 11.7 Å². The molecule has 2 N–H and O–H groups in total. The number of aromatic carboxylic acids is 1. The van der Waals surface area contributed by atoms with Crippen LogP contribution < -0.4 is 0 Å². The van der Waals surface area contributed by atoms with Gasteiger partial charge in [-0.25, -0.2) is 4.79 Å². The van der Waals surface area contributed by atoms with Gasteiger partial charge in [-0.05, 0) is 13.3 Å². The molecule has 8 heteroatoms. The number of aromatic nitrogens is 2. The van der Waals surface area contributed by atoms with Gasteiger partial charge in [0.2, 0.25) is 5.69 Å². The van der Waals surface area contributed by atoms with Crippen LogP contribution in [-0.4, -0.2) is 37.0 Å². The summed E-state index contributed by atoms with van der Waals surface area (Å²) in [5.74, 6) is -1.44. The van der Waals surface area contributed by atoms with Crippen molar-refractivity contribution in [1.82, 2.24) is 9.78 Å². The molecule has 1 rings (SSSR count). The topological polar surface area (TPSA) is 118 Å². The summed E-state index contributed by atoms with van der Waals surface area (Å²) in [4.78, 5) is 20.4. The summed E-state index contributed by atoms with van der Waals surface area (Å²) in [6.45, 7) is 1.79. The van der Waals surface area contributed by atoms with E-state index in [1.54, 1.807) is 6.92 Å². The Morgan fingerprint density at radius 1 is 1.75 bits per heavy atom.